The lowest BCUT2D eigenvalue weighted by atomic mass is 10.2. The van der Waals surface area contributed by atoms with Gasteiger partial charge in [0.25, 0.3) is 0 Å². The molecule has 0 aliphatic carbocycles. The van der Waals surface area contributed by atoms with E-state index >= 15 is 0 Å². The van der Waals surface area contributed by atoms with Gasteiger partial charge in [0.15, 0.2) is 0 Å². The predicted molar refractivity (Wildman–Crippen MR) is 63.1 cm³/mol. The number of halogens is 1. The van der Waals surface area contributed by atoms with Gasteiger partial charge < -0.3 is 10.6 Å². The molecule has 88 valence electrons. The minimum atomic E-state index is -0.411. The summed E-state index contributed by atoms with van der Waals surface area (Å²) in [6.45, 7) is 4.45. The Kier molecular flexibility index (Phi) is 4.76. The van der Waals surface area contributed by atoms with Gasteiger partial charge in [0.05, 0.1) is 5.69 Å². The van der Waals surface area contributed by atoms with Crippen molar-refractivity contribution in [2.24, 2.45) is 0 Å². The van der Waals surface area contributed by atoms with Crippen molar-refractivity contribution in [1.82, 2.24) is 5.32 Å². The zero-order valence-corrected chi connectivity index (χ0v) is 9.64. The van der Waals surface area contributed by atoms with Gasteiger partial charge in [-0.25, -0.2) is 9.18 Å². The smallest absolute Gasteiger partial charge is 0.319 e. The second kappa shape index (κ2) is 6.10. The molecule has 16 heavy (non-hydrogen) atoms. The summed E-state index contributed by atoms with van der Waals surface area (Å²) in [5.74, 6) is -0.411. The molecule has 2 N–H and O–H groups in total. The number of carbonyl (C=O) groups excluding carboxylic acids is 1. The van der Waals surface area contributed by atoms with Crippen LogP contribution in [-0.2, 0) is 0 Å². The minimum Gasteiger partial charge on any atom is -0.338 e. The number of nitrogens with one attached hydrogen (secondary N) is 2. The van der Waals surface area contributed by atoms with E-state index in [9.17, 15) is 9.18 Å². The van der Waals surface area contributed by atoms with Gasteiger partial charge in [-0.15, -0.1) is 0 Å². The average Bonchev–Trinajstić information content (AvgIpc) is 2.23. The van der Waals surface area contributed by atoms with Gasteiger partial charge >= 0.3 is 6.03 Å². The van der Waals surface area contributed by atoms with Crippen LogP contribution in [0.1, 0.15) is 25.3 Å². The Morgan fingerprint density at radius 2 is 2.19 bits per heavy atom. The Morgan fingerprint density at radius 3 is 2.81 bits per heavy atom. The number of amides is 2. The summed E-state index contributed by atoms with van der Waals surface area (Å²) < 4.78 is 13.4. The Morgan fingerprint density at radius 1 is 1.44 bits per heavy atom. The normalized spacial score (nSPS) is 9.94. The number of urea groups is 1. The molecule has 2 amide bonds. The molecule has 0 radical (unpaired) electrons. The van der Waals surface area contributed by atoms with Crippen molar-refractivity contribution >= 4 is 11.7 Å². The lowest BCUT2D eigenvalue weighted by Crippen LogP contribution is -2.29. The van der Waals surface area contributed by atoms with Gasteiger partial charge in [-0.05, 0) is 31.0 Å². The monoisotopic (exact) mass is 224 g/mol. The second-order valence-electron chi connectivity index (χ2n) is 3.72. The Labute approximate surface area is 95.0 Å². The van der Waals surface area contributed by atoms with E-state index in [1.54, 1.807) is 19.1 Å². The standard InChI is InChI=1S/C12H17FN2O/c1-3-4-7-14-12(16)15-11-6-5-9(2)8-10(11)13/h5-6,8H,3-4,7H2,1-2H3,(H2,14,15,16). The van der Waals surface area contributed by atoms with E-state index in [0.717, 1.165) is 18.4 Å². The molecule has 0 heterocycles. The molecule has 0 aliphatic heterocycles. The first-order valence-electron chi connectivity index (χ1n) is 5.44. The van der Waals surface area contributed by atoms with Crippen LogP contribution in [0.25, 0.3) is 0 Å². The maximum Gasteiger partial charge on any atom is 0.319 e. The second-order valence-corrected chi connectivity index (χ2v) is 3.72. The van der Waals surface area contributed by atoms with Crippen LogP contribution in [0.2, 0.25) is 0 Å². The van der Waals surface area contributed by atoms with E-state index < -0.39 is 5.82 Å². The van der Waals surface area contributed by atoms with Crippen LogP contribution in [0, 0.1) is 12.7 Å². The molecule has 1 aromatic rings. The maximum absolute atomic E-state index is 13.4. The summed E-state index contributed by atoms with van der Waals surface area (Å²) in [7, 11) is 0. The fraction of sp³-hybridized carbons (Fsp3) is 0.417. The molecule has 0 bridgehead atoms. The Balaban J connectivity index is 2.49. The zero-order chi connectivity index (χ0) is 12.0. The Bertz CT molecular complexity index is 366. The summed E-state index contributed by atoms with van der Waals surface area (Å²) in [6, 6.07) is 4.34. The molecule has 0 unspecified atom stereocenters. The topological polar surface area (TPSA) is 41.1 Å². The number of aryl methyl sites for hydroxylation is 1. The number of unbranched alkanes of at least 4 members (excludes halogenated alkanes) is 1. The predicted octanol–water partition coefficient (Wildman–Crippen LogP) is 3.06. The summed E-state index contributed by atoms with van der Waals surface area (Å²) in [4.78, 5) is 11.3. The molecule has 0 aliphatic rings. The van der Waals surface area contributed by atoms with Gasteiger partial charge in [-0.2, -0.15) is 0 Å². The van der Waals surface area contributed by atoms with Crippen LogP contribution in [-0.4, -0.2) is 12.6 Å². The molecule has 0 saturated carbocycles. The van der Waals surface area contributed by atoms with E-state index in [1.807, 2.05) is 6.92 Å². The average molecular weight is 224 g/mol. The van der Waals surface area contributed by atoms with Crippen molar-refractivity contribution in [2.75, 3.05) is 11.9 Å². The van der Waals surface area contributed by atoms with Crippen molar-refractivity contribution in [3.05, 3.63) is 29.6 Å². The molecule has 4 heteroatoms. The highest BCUT2D eigenvalue weighted by Gasteiger charge is 2.05. The highest BCUT2D eigenvalue weighted by molar-refractivity contribution is 5.89. The first-order chi connectivity index (χ1) is 7.63. The van der Waals surface area contributed by atoms with Crippen LogP contribution >= 0.6 is 0 Å². The largest absolute Gasteiger partial charge is 0.338 e. The van der Waals surface area contributed by atoms with Crippen molar-refractivity contribution in [3.8, 4) is 0 Å². The molecule has 1 rings (SSSR count). The van der Waals surface area contributed by atoms with Crippen molar-refractivity contribution in [1.29, 1.82) is 0 Å². The van der Waals surface area contributed by atoms with E-state index in [-0.39, 0.29) is 11.7 Å². The first kappa shape index (κ1) is 12.5. The zero-order valence-electron chi connectivity index (χ0n) is 9.64. The summed E-state index contributed by atoms with van der Waals surface area (Å²) in [5, 5.41) is 5.13. The van der Waals surface area contributed by atoms with Gasteiger partial charge in [0.2, 0.25) is 0 Å². The van der Waals surface area contributed by atoms with E-state index in [4.69, 9.17) is 0 Å². The molecular formula is C12H17FN2O. The number of rotatable bonds is 4. The SMILES string of the molecule is CCCCNC(=O)Nc1ccc(C)cc1F. The highest BCUT2D eigenvalue weighted by atomic mass is 19.1. The van der Waals surface area contributed by atoms with Crippen molar-refractivity contribution in [3.63, 3.8) is 0 Å². The summed E-state index contributed by atoms with van der Waals surface area (Å²) in [5.41, 5.74) is 1.04. The molecule has 0 atom stereocenters. The molecule has 3 nitrogen and oxygen atoms in total. The lowest BCUT2D eigenvalue weighted by Gasteiger charge is -2.08. The lowest BCUT2D eigenvalue weighted by molar-refractivity contribution is 0.252. The van der Waals surface area contributed by atoms with Gasteiger partial charge in [-0.3, -0.25) is 0 Å². The van der Waals surface area contributed by atoms with Crippen molar-refractivity contribution in [2.45, 2.75) is 26.7 Å². The number of hydrogen-bond acceptors (Lipinski definition) is 1. The summed E-state index contributed by atoms with van der Waals surface area (Å²) in [6.07, 6.45) is 1.93. The van der Waals surface area contributed by atoms with Gasteiger partial charge in [0.1, 0.15) is 5.82 Å². The van der Waals surface area contributed by atoms with Gasteiger partial charge in [0, 0.05) is 6.54 Å². The van der Waals surface area contributed by atoms with E-state index in [2.05, 4.69) is 10.6 Å². The summed E-state index contributed by atoms with van der Waals surface area (Å²) >= 11 is 0. The minimum absolute atomic E-state index is 0.208. The number of hydrogen-bond donors (Lipinski definition) is 2. The molecule has 0 aromatic heterocycles. The maximum atomic E-state index is 13.4. The van der Waals surface area contributed by atoms with Crippen molar-refractivity contribution < 1.29 is 9.18 Å². The van der Waals surface area contributed by atoms with Crippen LogP contribution in [0.4, 0.5) is 14.9 Å². The highest BCUT2D eigenvalue weighted by Crippen LogP contribution is 2.14. The molecule has 0 saturated heterocycles. The van der Waals surface area contributed by atoms with Gasteiger partial charge in [-0.1, -0.05) is 19.4 Å². The van der Waals surface area contributed by atoms with Crippen LogP contribution < -0.4 is 10.6 Å². The Hall–Kier alpha value is -1.58. The first-order valence-corrected chi connectivity index (χ1v) is 5.44. The van der Waals surface area contributed by atoms with Crippen LogP contribution in [0.5, 0.6) is 0 Å². The number of benzene rings is 1. The van der Waals surface area contributed by atoms with Crippen LogP contribution in [0.15, 0.2) is 18.2 Å². The third-order valence-corrected chi connectivity index (χ3v) is 2.19. The third-order valence-electron chi connectivity index (χ3n) is 2.19. The fourth-order valence-corrected chi connectivity index (χ4v) is 1.27. The quantitative estimate of drug-likeness (QED) is 0.758. The third kappa shape index (κ3) is 3.88. The molecule has 0 spiro atoms. The number of anilines is 1. The van der Waals surface area contributed by atoms with E-state index in [1.165, 1.54) is 6.07 Å². The van der Waals surface area contributed by atoms with Crippen LogP contribution in [0.3, 0.4) is 0 Å². The molecule has 0 fully saturated rings. The van der Waals surface area contributed by atoms with E-state index in [0.29, 0.717) is 6.54 Å². The fourth-order valence-electron chi connectivity index (χ4n) is 1.27. The molecular weight excluding hydrogens is 207 g/mol. The molecule has 1 aromatic carbocycles. The number of carbonyl (C=O) groups is 1.